The third-order valence-corrected chi connectivity index (χ3v) is 4.83. The SMILES string of the molecule is CN(CC(=O)NCc1ccco1)C(=O)CCNS(=O)(=O)C=Cc1ccccc1. The van der Waals surface area contributed by atoms with Crippen molar-refractivity contribution >= 4 is 27.9 Å². The maximum Gasteiger partial charge on any atom is 0.239 e. The van der Waals surface area contributed by atoms with Gasteiger partial charge in [-0.25, -0.2) is 13.1 Å². The normalized spacial score (nSPS) is 11.5. The second kappa shape index (κ2) is 10.4. The predicted molar refractivity (Wildman–Crippen MR) is 105 cm³/mol. The Morgan fingerprint density at radius 2 is 1.89 bits per heavy atom. The van der Waals surface area contributed by atoms with Crippen LogP contribution in [-0.2, 0) is 26.2 Å². The molecule has 0 fully saturated rings. The van der Waals surface area contributed by atoms with E-state index in [9.17, 15) is 18.0 Å². The lowest BCUT2D eigenvalue weighted by Crippen LogP contribution is -2.39. The monoisotopic (exact) mass is 405 g/mol. The summed E-state index contributed by atoms with van der Waals surface area (Å²) in [5.41, 5.74) is 0.754. The largest absolute Gasteiger partial charge is 0.467 e. The number of nitrogens with one attached hydrogen (secondary N) is 2. The Labute approximate surface area is 164 Å². The number of sulfonamides is 1. The molecule has 9 heteroatoms. The number of nitrogens with zero attached hydrogens (tertiary/aromatic N) is 1. The average Bonchev–Trinajstić information content (AvgIpc) is 3.19. The Morgan fingerprint density at radius 3 is 2.57 bits per heavy atom. The van der Waals surface area contributed by atoms with Gasteiger partial charge in [-0.05, 0) is 23.8 Å². The summed E-state index contributed by atoms with van der Waals surface area (Å²) in [6, 6.07) is 12.4. The van der Waals surface area contributed by atoms with E-state index in [2.05, 4.69) is 10.0 Å². The van der Waals surface area contributed by atoms with Gasteiger partial charge in [0.25, 0.3) is 0 Å². The van der Waals surface area contributed by atoms with E-state index in [1.54, 1.807) is 36.4 Å². The van der Waals surface area contributed by atoms with Crippen LogP contribution in [-0.4, -0.2) is 45.3 Å². The highest BCUT2D eigenvalue weighted by Gasteiger charge is 2.14. The number of hydrogen-bond donors (Lipinski definition) is 2. The van der Waals surface area contributed by atoms with Crippen molar-refractivity contribution in [2.24, 2.45) is 0 Å². The van der Waals surface area contributed by atoms with Crippen molar-refractivity contribution in [2.75, 3.05) is 20.1 Å². The van der Waals surface area contributed by atoms with Crippen molar-refractivity contribution in [3.8, 4) is 0 Å². The van der Waals surface area contributed by atoms with Gasteiger partial charge in [0.05, 0.1) is 19.4 Å². The van der Waals surface area contributed by atoms with Crippen LogP contribution in [0.4, 0.5) is 0 Å². The van der Waals surface area contributed by atoms with Crippen LogP contribution >= 0.6 is 0 Å². The van der Waals surface area contributed by atoms with Crippen LogP contribution in [0, 0.1) is 0 Å². The Morgan fingerprint density at radius 1 is 1.14 bits per heavy atom. The van der Waals surface area contributed by atoms with Crippen molar-refractivity contribution < 1.29 is 22.4 Å². The molecule has 2 N–H and O–H groups in total. The number of rotatable bonds is 10. The van der Waals surface area contributed by atoms with Gasteiger partial charge in [-0.1, -0.05) is 30.3 Å². The fraction of sp³-hybridized carbons (Fsp3) is 0.263. The van der Waals surface area contributed by atoms with E-state index >= 15 is 0 Å². The van der Waals surface area contributed by atoms with Crippen LogP contribution in [0.25, 0.3) is 6.08 Å². The zero-order valence-corrected chi connectivity index (χ0v) is 16.3. The van der Waals surface area contributed by atoms with E-state index in [0.717, 1.165) is 11.0 Å². The Kier molecular flexibility index (Phi) is 7.97. The molecule has 0 aliphatic heterocycles. The number of amides is 2. The number of furan rings is 1. The summed E-state index contributed by atoms with van der Waals surface area (Å²) < 4.78 is 31.3. The highest BCUT2D eigenvalue weighted by atomic mass is 32.2. The van der Waals surface area contributed by atoms with Crippen molar-refractivity contribution in [3.63, 3.8) is 0 Å². The van der Waals surface area contributed by atoms with E-state index in [1.807, 2.05) is 6.07 Å². The summed E-state index contributed by atoms with van der Waals surface area (Å²) >= 11 is 0. The van der Waals surface area contributed by atoms with Gasteiger partial charge in [0.2, 0.25) is 21.8 Å². The van der Waals surface area contributed by atoms with Gasteiger partial charge in [0.15, 0.2) is 0 Å². The lowest BCUT2D eigenvalue weighted by Gasteiger charge is -2.16. The van der Waals surface area contributed by atoms with E-state index in [4.69, 9.17) is 4.42 Å². The minimum absolute atomic E-state index is 0.0552. The van der Waals surface area contributed by atoms with Gasteiger partial charge < -0.3 is 14.6 Å². The smallest absolute Gasteiger partial charge is 0.239 e. The molecule has 8 nitrogen and oxygen atoms in total. The molecule has 150 valence electrons. The first-order chi connectivity index (χ1) is 13.4. The molecular weight excluding hydrogens is 382 g/mol. The molecule has 0 spiro atoms. The number of carbonyl (C=O) groups is 2. The third-order valence-electron chi connectivity index (χ3n) is 3.73. The van der Waals surface area contributed by atoms with Crippen LogP contribution < -0.4 is 10.0 Å². The Hall–Kier alpha value is -2.91. The van der Waals surface area contributed by atoms with Crippen LogP contribution in [0.2, 0.25) is 0 Å². The first-order valence-corrected chi connectivity index (χ1v) is 10.2. The van der Waals surface area contributed by atoms with Gasteiger partial charge in [-0.2, -0.15) is 0 Å². The lowest BCUT2D eigenvalue weighted by atomic mass is 10.2. The fourth-order valence-electron chi connectivity index (χ4n) is 2.23. The van der Waals surface area contributed by atoms with E-state index in [-0.39, 0.29) is 37.9 Å². The molecule has 1 heterocycles. The van der Waals surface area contributed by atoms with Gasteiger partial charge in [0.1, 0.15) is 5.76 Å². The van der Waals surface area contributed by atoms with E-state index < -0.39 is 10.0 Å². The molecule has 2 aromatic rings. The topological polar surface area (TPSA) is 109 Å². The summed E-state index contributed by atoms with van der Waals surface area (Å²) in [7, 11) is -2.16. The molecule has 0 radical (unpaired) electrons. The Bertz CT molecular complexity index is 893. The molecule has 1 aromatic heterocycles. The van der Waals surface area contributed by atoms with Crippen LogP contribution in [0.15, 0.2) is 58.6 Å². The number of benzene rings is 1. The molecule has 0 aliphatic carbocycles. The van der Waals surface area contributed by atoms with Crippen LogP contribution in [0.5, 0.6) is 0 Å². The highest BCUT2D eigenvalue weighted by molar-refractivity contribution is 7.92. The van der Waals surface area contributed by atoms with E-state index in [1.165, 1.54) is 24.3 Å². The molecule has 2 rings (SSSR count). The molecule has 28 heavy (non-hydrogen) atoms. The third kappa shape index (κ3) is 7.77. The molecule has 1 aromatic carbocycles. The first-order valence-electron chi connectivity index (χ1n) is 8.61. The highest BCUT2D eigenvalue weighted by Crippen LogP contribution is 2.03. The van der Waals surface area contributed by atoms with Crippen molar-refractivity contribution in [1.82, 2.24) is 14.9 Å². The van der Waals surface area contributed by atoms with Crippen LogP contribution in [0.3, 0.4) is 0 Å². The Balaban J connectivity index is 1.70. The van der Waals surface area contributed by atoms with Gasteiger partial charge in [-0.15, -0.1) is 0 Å². The second-order valence-electron chi connectivity index (χ2n) is 6.01. The van der Waals surface area contributed by atoms with Crippen molar-refractivity contribution in [2.45, 2.75) is 13.0 Å². The molecule has 0 saturated carbocycles. The van der Waals surface area contributed by atoms with E-state index in [0.29, 0.717) is 5.76 Å². The molecule has 2 amide bonds. The minimum Gasteiger partial charge on any atom is -0.467 e. The van der Waals surface area contributed by atoms with Gasteiger partial charge >= 0.3 is 0 Å². The molecule has 0 saturated heterocycles. The van der Waals surface area contributed by atoms with Crippen molar-refractivity contribution in [3.05, 3.63) is 65.5 Å². The number of hydrogen-bond acceptors (Lipinski definition) is 5. The number of carbonyl (C=O) groups excluding carboxylic acids is 2. The molecule has 0 unspecified atom stereocenters. The molecule has 0 aliphatic rings. The van der Waals surface area contributed by atoms with Crippen LogP contribution in [0.1, 0.15) is 17.7 Å². The predicted octanol–water partition coefficient (Wildman–Crippen LogP) is 1.33. The summed E-state index contributed by atoms with van der Waals surface area (Å²) in [6.45, 7) is 0.0558. The first kappa shape index (κ1) is 21.4. The molecule has 0 bridgehead atoms. The standard InChI is InChI=1S/C19H23N3O5S/c1-22(15-18(23)20-14-17-8-5-12-27-17)19(24)9-11-21-28(25,26)13-10-16-6-3-2-4-7-16/h2-8,10,12-13,21H,9,11,14-15H2,1H3,(H,20,23). The zero-order valence-electron chi connectivity index (χ0n) is 15.5. The summed E-state index contributed by atoms with van der Waals surface area (Å²) in [6.07, 6.45) is 2.92. The van der Waals surface area contributed by atoms with Gasteiger partial charge in [0, 0.05) is 25.4 Å². The summed E-state index contributed by atoms with van der Waals surface area (Å²) in [4.78, 5) is 25.1. The molecular formula is C19H23N3O5S. The van der Waals surface area contributed by atoms with Gasteiger partial charge in [-0.3, -0.25) is 9.59 Å². The minimum atomic E-state index is -3.65. The zero-order chi connectivity index (χ0) is 20.4. The quantitative estimate of drug-likeness (QED) is 0.620. The number of likely N-dealkylation sites (N-methyl/N-ethyl adjacent to an activating group) is 1. The fourth-order valence-corrected chi connectivity index (χ4v) is 3.05. The summed E-state index contributed by atoms with van der Waals surface area (Å²) in [5, 5.41) is 3.69. The maximum absolute atomic E-state index is 12.1. The summed E-state index contributed by atoms with van der Waals surface area (Å²) in [5.74, 6) is -0.0678. The van der Waals surface area contributed by atoms with Crippen molar-refractivity contribution in [1.29, 1.82) is 0 Å². The second-order valence-corrected chi connectivity index (χ2v) is 7.66. The molecule has 0 atom stereocenters. The maximum atomic E-state index is 12.1. The lowest BCUT2D eigenvalue weighted by molar-refractivity contribution is -0.134. The average molecular weight is 405 g/mol.